The lowest BCUT2D eigenvalue weighted by Gasteiger charge is -2.08. The average Bonchev–Trinajstić information content (AvgIpc) is 2.45. The Morgan fingerprint density at radius 1 is 1.30 bits per heavy atom. The van der Waals surface area contributed by atoms with Crippen LogP contribution in [0.15, 0.2) is 29.3 Å². The molecule has 0 spiro atoms. The number of amidine groups is 1. The van der Waals surface area contributed by atoms with Gasteiger partial charge in [-0.15, -0.1) is 0 Å². The number of hydrogen-bond donors (Lipinski definition) is 2. The van der Waals surface area contributed by atoms with Crippen LogP contribution < -0.4 is 10.6 Å². The second kappa shape index (κ2) is 8.21. The zero-order valence-electron chi connectivity index (χ0n) is 11.6. The van der Waals surface area contributed by atoms with Crippen molar-refractivity contribution in [2.75, 3.05) is 13.4 Å². The second-order valence-electron chi connectivity index (χ2n) is 3.88. The Balaban J connectivity index is 2.48. The van der Waals surface area contributed by atoms with Gasteiger partial charge in [0.2, 0.25) is 0 Å². The number of thioether (sulfide) groups is 1. The van der Waals surface area contributed by atoms with Crippen molar-refractivity contribution in [1.29, 1.82) is 0 Å². The molecule has 0 radical (unpaired) electrons. The van der Waals surface area contributed by atoms with Crippen molar-refractivity contribution in [3.63, 3.8) is 0 Å². The first-order valence-electron chi connectivity index (χ1n) is 5.86. The van der Waals surface area contributed by atoms with Crippen LogP contribution in [0.4, 0.5) is 9.59 Å². The third-order valence-electron chi connectivity index (χ3n) is 2.35. The summed E-state index contributed by atoms with van der Waals surface area (Å²) in [4.78, 5) is 26.2. The Morgan fingerprint density at radius 2 is 1.95 bits per heavy atom. The molecule has 6 nitrogen and oxygen atoms in total. The molecule has 0 aliphatic carbocycles. The molecule has 0 fully saturated rings. The second-order valence-corrected chi connectivity index (χ2v) is 4.68. The van der Waals surface area contributed by atoms with Gasteiger partial charge in [-0.05, 0) is 18.7 Å². The molecular weight excluding hydrogens is 278 g/mol. The molecule has 3 amide bonds. The monoisotopic (exact) mass is 295 g/mol. The Kier molecular flexibility index (Phi) is 6.58. The van der Waals surface area contributed by atoms with Gasteiger partial charge in [0.1, 0.15) is 0 Å². The molecule has 0 heterocycles. The van der Waals surface area contributed by atoms with Crippen LogP contribution in [0.1, 0.15) is 11.1 Å². The summed E-state index contributed by atoms with van der Waals surface area (Å²) in [5.41, 5.74) is 2.15. The Morgan fingerprint density at radius 3 is 2.50 bits per heavy atom. The number of nitrogens with zero attached hydrogens (tertiary/aromatic N) is 1. The number of urea groups is 1. The minimum atomic E-state index is -0.756. The van der Waals surface area contributed by atoms with Crippen LogP contribution in [-0.4, -0.2) is 30.7 Å². The molecule has 20 heavy (non-hydrogen) atoms. The number of carbonyl (C=O) groups is 2. The fourth-order valence-electron chi connectivity index (χ4n) is 1.28. The Labute approximate surface area is 122 Å². The molecule has 0 aliphatic rings. The molecule has 1 aromatic rings. The normalized spacial score (nSPS) is 10.8. The number of hydrogen-bond acceptors (Lipinski definition) is 4. The highest BCUT2D eigenvalue weighted by Gasteiger charge is 2.07. The summed E-state index contributed by atoms with van der Waals surface area (Å²) in [6.45, 7) is 2.39. The van der Waals surface area contributed by atoms with Crippen LogP contribution in [0.25, 0.3) is 0 Å². The summed E-state index contributed by atoms with van der Waals surface area (Å²) in [6.07, 6.45) is 0.940. The van der Waals surface area contributed by atoms with Crippen molar-refractivity contribution in [3.05, 3.63) is 35.4 Å². The standard InChI is InChI=1S/C13H17N3O3S/c1-9-4-6-10(7-5-9)8-14-11(17)15-12(20-3)16-13(18)19-2/h4-7H,8H2,1-3H3,(H2,14,15,16,17,18). The molecule has 0 aliphatic heterocycles. The molecule has 108 valence electrons. The zero-order valence-corrected chi connectivity index (χ0v) is 12.4. The molecule has 0 aromatic heterocycles. The van der Waals surface area contributed by atoms with Crippen molar-refractivity contribution in [2.45, 2.75) is 13.5 Å². The van der Waals surface area contributed by atoms with Crippen LogP contribution in [0.2, 0.25) is 0 Å². The fourth-order valence-corrected chi connectivity index (χ4v) is 1.64. The molecule has 0 saturated carbocycles. The number of methoxy groups -OCH3 is 1. The highest BCUT2D eigenvalue weighted by Crippen LogP contribution is 2.02. The highest BCUT2D eigenvalue weighted by molar-refractivity contribution is 8.13. The van der Waals surface area contributed by atoms with Gasteiger partial charge in [-0.1, -0.05) is 41.6 Å². The van der Waals surface area contributed by atoms with E-state index in [-0.39, 0.29) is 5.17 Å². The largest absolute Gasteiger partial charge is 0.451 e. The van der Waals surface area contributed by atoms with E-state index in [0.29, 0.717) is 6.54 Å². The van der Waals surface area contributed by atoms with E-state index in [0.717, 1.165) is 22.9 Å². The van der Waals surface area contributed by atoms with Gasteiger partial charge in [0, 0.05) is 6.54 Å². The van der Waals surface area contributed by atoms with Gasteiger partial charge in [0.25, 0.3) is 0 Å². The van der Waals surface area contributed by atoms with Gasteiger partial charge in [0.05, 0.1) is 7.11 Å². The van der Waals surface area contributed by atoms with Crippen LogP contribution in [0.5, 0.6) is 0 Å². The van der Waals surface area contributed by atoms with Gasteiger partial charge < -0.3 is 10.1 Å². The van der Waals surface area contributed by atoms with E-state index in [9.17, 15) is 9.59 Å². The summed E-state index contributed by atoms with van der Waals surface area (Å²) >= 11 is 1.14. The summed E-state index contributed by atoms with van der Waals surface area (Å²) in [5, 5.41) is 5.33. The number of amides is 3. The first kappa shape index (κ1) is 16.0. The summed E-state index contributed by atoms with van der Waals surface area (Å²) < 4.78 is 4.39. The molecule has 1 rings (SSSR count). The minimum absolute atomic E-state index is 0.179. The summed E-state index contributed by atoms with van der Waals surface area (Å²) in [6, 6.07) is 7.39. The van der Waals surface area contributed by atoms with Crippen molar-refractivity contribution in [1.82, 2.24) is 10.6 Å². The maximum absolute atomic E-state index is 11.7. The number of carbonyl (C=O) groups excluding carboxylic acids is 2. The van der Waals surface area contributed by atoms with E-state index in [1.54, 1.807) is 6.26 Å². The third kappa shape index (κ3) is 5.75. The topological polar surface area (TPSA) is 79.8 Å². The molecule has 1 aromatic carbocycles. The van der Waals surface area contributed by atoms with Crippen LogP contribution >= 0.6 is 11.8 Å². The third-order valence-corrected chi connectivity index (χ3v) is 2.93. The predicted octanol–water partition coefficient (Wildman–Crippen LogP) is 2.28. The maximum atomic E-state index is 11.7. The molecule has 0 unspecified atom stereocenters. The lowest BCUT2D eigenvalue weighted by Crippen LogP contribution is -2.38. The Bertz CT molecular complexity index is 500. The highest BCUT2D eigenvalue weighted by atomic mass is 32.2. The Hall–Kier alpha value is -2.02. The van der Waals surface area contributed by atoms with Gasteiger partial charge in [-0.25, -0.2) is 9.59 Å². The lowest BCUT2D eigenvalue weighted by atomic mass is 10.1. The number of aliphatic imine (C=N–C) groups is 1. The molecule has 0 saturated heterocycles. The van der Waals surface area contributed by atoms with Crippen LogP contribution in [0.3, 0.4) is 0 Å². The first-order chi connectivity index (χ1) is 9.55. The maximum Gasteiger partial charge on any atom is 0.435 e. The minimum Gasteiger partial charge on any atom is -0.451 e. The van der Waals surface area contributed by atoms with Gasteiger partial charge >= 0.3 is 12.1 Å². The van der Waals surface area contributed by atoms with E-state index in [1.807, 2.05) is 31.2 Å². The van der Waals surface area contributed by atoms with E-state index in [4.69, 9.17) is 0 Å². The van der Waals surface area contributed by atoms with Crippen molar-refractivity contribution in [3.8, 4) is 0 Å². The van der Waals surface area contributed by atoms with Gasteiger partial charge in [-0.2, -0.15) is 4.99 Å². The van der Waals surface area contributed by atoms with Crippen molar-refractivity contribution >= 4 is 29.1 Å². The van der Waals surface area contributed by atoms with E-state index < -0.39 is 12.1 Å². The molecular formula is C13H17N3O3S. The lowest BCUT2D eigenvalue weighted by molar-refractivity contribution is 0.182. The quantitative estimate of drug-likeness (QED) is 0.648. The van der Waals surface area contributed by atoms with Crippen LogP contribution in [-0.2, 0) is 11.3 Å². The molecule has 7 heteroatoms. The van der Waals surface area contributed by atoms with Crippen molar-refractivity contribution < 1.29 is 14.3 Å². The first-order valence-corrected chi connectivity index (χ1v) is 7.08. The number of aryl methyl sites for hydroxylation is 1. The van der Waals surface area contributed by atoms with Crippen LogP contribution in [0, 0.1) is 6.92 Å². The smallest absolute Gasteiger partial charge is 0.435 e. The van der Waals surface area contributed by atoms with Gasteiger partial charge in [0.15, 0.2) is 5.17 Å². The van der Waals surface area contributed by atoms with Crippen molar-refractivity contribution in [2.24, 2.45) is 4.99 Å². The predicted molar refractivity (Wildman–Crippen MR) is 79.9 cm³/mol. The SMILES string of the molecule is COC(=O)N=C(NC(=O)NCc1ccc(C)cc1)SC. The molecule has 2 N–H and O–H groups in total. The number of nitrogens with one attached hydrogen (secondary N) is 2. The molecule has 0 bridgehead atoms. The van der Waals surface area contributed by atoms with E-state index in [2.05, 4.69) is 20.4 Å². The van der Waals surface area contributed by atoms with E-state index >= 15 is 0 Å². The van der Waals surface area contributed by atoms with Gasteiger partial charge in [-0.3, -0.25) is 5.32 Å². The number of benzene rings is 1. The molecule has 0 atom stereocenters. The fraction of sp³-hybridized carbons (Fsp3) is 0.308. The zero-order chi connectivity index (χ0) is 15.0. The number of ether oxygens (including phenoxy) is 1. The number of rotatable bonds is 2. The van der Waals surface area contributed by atoms with E-state index in [1.165, 1.54) is 7.11 Å². The summed E-state index contributed by atoms with van der Waals surface area (Å²) in [5.74, 6) is 0. The average molecular weight is 295 g/mol. The summed E-state index contributed by atoms with van der Waals surface area (Å²) in [7, 11) is 1.22.